The molecule has 5 rings (SSSR count). The highest BCUT2D eigenvalue weighted by molar-refractivity contribution is 6.52. The number of nitrogens with one attached hydrogen (secondary N) is 1. The second-order valence-corrected chi connectivity index (χ2v) is 9.35. The van der Waals surface area contributed by atoms with Crippen molar-refractivity contribution in [2.75, 3.05) is 30.5 Å². The SMILES string of the molecule is CCOc1ccc(Cl)c(/C(O)=C2\C(=O)C(=O)N(c3ccc(N(C)C)cc3)C2c2c[nH]c3ccccc23)c1. The van der Waals surface area contributed by atoms with Crippen LogP contribution in [0.2, 0.25) is 5.02 Å². The minimum Gasteiger partial charge on any atom is -0.507 e. The first kappa shape index (κ1) is 24.5. The molecule has 0 saturated carbocycles. The number of fused-ring (bicyclic) bond motifs is 1. The van der Waals surface area contributed by atoms with E-state index in [1.54, 1.807) is 36.5 Å². The van der Waals surface area contributed by atoms with Crippen LogP contribution in [0.5, 0.6) is 5.75 Å². The molecule has 1 fully saturated rings. The molecule has 1 amide bonds. The first-order valence-electron chi connectivity index (χ1n) is 11.9. The molecule has 1 unspecified atom stereocenters. The first-order valence-corrected chi connectivity index (χ1v) is 12.3. The van der Waals surface area contributed by atoms with E-state index in [-0.39, 0.29) is 21.9 Å². The fraction of sp³-hybridized carbons (Fsp3) is 0.172. The number of aromatic amines is 1. The molecule has 1 aliphatic heterocycles. The van der Waals surface area contributed by atoms with Crippen LogP contribution < -0.4 is 14.5 Å². The number of carbonyl (C=O) groups is 2. The second-order valence-electron chi connectivity index (χ2n) is 8.94. The van der Waals surface area contributed by atoms with E-state index in [0.29, 0.717) is 23.6 Å². The van der Waals surface area contributed by atoms with Gasteiger partial charge in [-0.2, -0.15) is 0 Å². The van der Waals surface area contributed by atoms with Crippen molar-refractivity contribution in [3.05, 3.63) is 94.6 Å². The fourth-order valence-electron chi connectivity index (χ4n) is 4.71. The van der Waals surface area contributed by atoms with E-state index in [1.165, 1.54) is 4.90 Å². The number of benzene rings is 3. The molecule has 7 nitrogen and oxygen atoms in total. The largest absolute Gasteiger partial charge is 0.507 e. The van der Waals surface area contributed by atoms with E-state index < -0.39 is 17.7 Å². The van der Waals surface area contributed by atoms with Crippen LogP contribution in [0.15, 0.2) is 78.5 Å². The number of nitrogens with zero attached hydrogens (tertiary/aromatic N) is 2. The molecule has 1 aromatic heterocycles. The normalized spacial score (nSPS) is 17.0. The molecule has 4 aromatic rings. The van der Waals surface area contributed by atoms with Crippen molar-refractivity contribution < 1.29 is 19.4 Å². The molecule has 3 aromatic carbocycles. The highest BCUT2D eigenvalue weighted by atomic mass is 35.5. The van der Waals surface area contributed by atoms with E-state index in [9.17, 15) is 14.7 Å². The molecule has 0 bridgehead atoms. The summed E-state index contributed by atoms with van der Waals surface area (Å²) >= 11 is 6.45. The Labute approximate surface area is 219 Å². The van der Waals surface area contributed by atoms with Gasteiger partial charge >= 0.3 is 0 Å². The number of aliphatic hydroxyl groups is 1. The Morgan fingerprint density at radius 2 is 1.81 bits per heavy atom. The van der Waals surface area contributed by atoms with Crippen molar-refractivity contribution in [2.24, 2.45) is 0 Å². The van der Waals surface area contributed by atoms with Crippen LogP contribution in [0.1, 0.15) is 24.1 Å². The number of rotatable bonds is 6. The van der Waals surface area contributed by atoms with Gasteiger partial charge < -0.3 is 19.7 Å². The van der Waals surface area contributed by atoms with Crippen molar-refractivity contribution in [3.8, 4) is 5.75 Å². The van der Waals surface area contributed by atoms with Crippen LogP contribution in [0.25, 0.3) is 16.7 Å². The van der Waals surface area contributed by atoms with Crippen LogP contribution in [0.3, 0.4) is 0 Å². The number of ether oxygens (including phenoxy) is 1. The molecule has 8 heteroatoms. The Bertz CT molecular complexity index is 1540. The molecule has 0 radical (unpaired) electrons. The minimum atomic E-state index is -0.881. The average Bonchev–Trinajstić information content (AvgIpc) is 3.43. The third kappa shape index (κ3) is 4.21. The summed E-state index contributed by atoms with van der Waals surface area (Å²) in [6, 6.07) is 18.9. The first-order chi connectivity index (χ1) is 17.8. The number of aliphatic hydroxyl groups excluding tert-OH is 1. The number of carbonyl (C=O) groups excluding carboxylic acids is 2. The highest BCUT2D eigenvalue weighted by Crippen LogP contribution is 2.45. The molecule has 188 valence electrons. The molecule has 2 heterocycles. The van der Waals surface area contributed by atoms with Crippen molar-refractivity contribution in [3.63, 3.8) is 0 Å². The number of Topliss-reactive ketones (excluding diaryl/α,β-unsaturated/α-hetero) is 1. The van der Waals surface area contributed by atoms with Gasteiger partial charge in [-0.3, -0.25) is 14.5 Å². The topological polar surface area (TPSA) is 85.9 Å². The maximum Gasteiger partial charge on any atom is 0.300 e. The molecule has 0 spiro atoms. The maximum atomic E-state index is 13.5. The van der Waals surface area contributed by atoms with E-state index in [2.05, 4.69) is 4.98 Å². The van der Waals surface area contributed by atoms with Gasteiger partial charge in [0.05, 0.1) is 23.2 Å². The standard InChI is InChI=1S/C29H26ClN3O4/c1-4-37-19-13-14-23(30)21(15-19)27(34)25-26(22-16-31-24-8-6-5-7-20(22)24)33(29(36)28(25)35)18-11-9-17(10-12-18)32(2)3/h5-16,26,31,34H,4H2,1-3H3/b27-25+. The summed E-state index contributed by atoms with van der Waals surface area (Å²) < 4.78 is 5.58. The van der Waals surface area contributed by atoms with Gasteiger partial charge in [-0.05, 0) is 55.5 Å². The predicted molar refractivity (Wildman–Crippen MR) is 146 cm³/mol. The van der Waals surface area contributed by atoms with E-state index in [4.69, 9.17) is 16.3 Å². The summed E-state index contributed by atoms with van der Waals surface area (Å²) in [5.74, 6) is -1.38. The van der Waals surface area contributed by atoms with Gasteiger partial charge in [-0.25, -0.2) is 0 Å². The van der Waals surface area contributed by atoms with Crippen LogP contribution in [-0.2, 0) is 9.59 Å². The van der Waals surface area contributed by atoms with Gasteiger partial charge in [0.2, 0.25) is 0 Å². The summed E-state index contributed by atoms with van der Waals surface area (Å²) in [5, 5.41) is 12.6. The van der Waals surface area contributed by atoms with Crippen LogP contribution in [0.4, 0.5) is 11.4 Å². The smallest absolute Gasteiger partial charge is 0.300 e. The van der Waals surface area contributed by atoms with Gasteiger partial charge in [0.15, 0.2) is 0 Å². The summed E-state index contributed by atoms with van der Waals surface area (Å²) in [6.45, 7) is 2.27. The quantitative estimate of drug-likeness (QED) is 0.189. The molecule has 37 heavy (non-hydrogen) atoms. The van der Waals surface area contributed by atoms with Gasteiger partial charge in [0.25, 0.3) is 11.7 Å². The Morgan fingerprint density at radius 3 is 2.51 bits per heavy atom. The van der Waals surface area contributed by atoms with Gasteiger partial charge in [-0.1, -0.05) is 29.8 Å². The summed E-state index contributed by atoms with van der Waals surface area (Å²) in [5.41, 5.74) is 3.20. The minimum absolute atomic E-state index is 0.0398. The maximum absolute atomic E-state index is 13.5. The monoisotopic (exact) mass is 515 g/mol. The Hall–Kier alpha value is -4.23. The second kappa shape index (κ2) is 9.67. The fourth-order valence-corrected chi connectivity index (χ4v) is 4.92. The summed E-state index contributed by atoms with van der Waals surface area (Å²) in [6.07, 6.45) is 1.77. The van der Waals surface area contributed by atoms with Crippen molar-refractivity contribution in [1.29, 1.82) is 0 Å². The zero-order valence-electron chi connectivity index (χ0n) is 20.7. The van der Waals surface area contributed by atoms with Crippen molar-refractivity contribution in [2.45, 2.75) is 13.0 Å². The lowest BCUT2D eigenvalue weighted by molar-refractivity contribution is -0.132. The summed E-state index contributed by atoms with van der Waals surface area (Å²) in [4.78, 5) is 33.7. The molecule has 1 atom stereocenters. The number of ketones is 1. The number of halogens is 1. The molecule has 2 N–H and O–H groups in total. The lowest BCUT2D eigenvalue weighted by atomic mass is 9.94. The van der Waals surface area contributed by atoms with Crippen LogP contribution in [-0.4, -0.2) is 42.5 Å². The van der Waals surface area contributed by atoms with Gasteiger partial charge in [0.1, 0.15) is 11.5 Å². The van der Waals surface area contributed by atoms with Crippen molar-refractivity contribution in [1.82, 2.24) is 4.98 Å². The lowest BCUT2D eigenvalue weighted by Crippen LogP contribution is -2.29. The third-order valence-electron chi connectivity index (χ3n) is 6.51. The number of para-hydroxylation sites is 1. The van der Waals surface area contributed by atoms with E-state index in [0.717, 1.165) is 16.6 Å². The number of hydrogen-bond acceptors (Lipinski definition) is 5. The molecular formula is C29H26ClN3O4. The number of hydrogen-bond donors (Lipinski definition) is 2. The summed E-state index contributed by atoms with van der Waals surface area (Å²) in [7, 11) is 3.85. The molecular weight excluding hydrogens is 490 g/mol. The van der Waals surface area contributed by atoms with Crippen LogP contribution in [0, 0.1) is 0 Å². The highest BCUT2D eigenvalue weighted by Gasteiger charge is 2.48. The van der Waals surface area contributed by atoms with Crippen LogP contribution >= 0.6 is 11.6 Å². The lowest BCUT2D eigenvalue weighted by Gasteiger charge is -2.25. The van der Waals surface area contributed by atoms with Gasteiger partial charge in [-0.15, -0.1) is 0 Å². The zero-order valence-corrected chi connectivity index (χ0v) is 21.4. The Morgan fingerprint density at radius 1 is 1.08 bits per heavy atom. The molecule has 1 saturated heterocycles. The number of amides is 1. The number of aromatic nitrogens is 1. The Balaban J connectivity index is 1.75. The Kier molecular flexibility index (Phi) is 6.39. The molecule has 0 aliphatic carbocycles. The van der Waals surface area contributed by atoms with Crippen molar-refractivity contribution >= 4 is 51.3 Å². The number of anilines is 2. The van der Waals surface area contributed by atoms with E-state index in [1.807, 2.05) is 62.3 Å². The number of H-pyrrole nitrogens is 1. The zero-order chi connectivity index (χ0) is 26.3. The third-order valence-corrected chi connectivity index (χ3v) is 6.84. The predicted octanol–water partition coefficient (Wildman–Crippen LogP) is 5.91. The molecule has 1 aliphatic rings. The van der Waals surface area contributed by atoms with E-state index >= 15 is 0 Å². The average molecular weight is 516 g/mol. The van der Waals surface area contributed by atoms with Gasteiger partial charge in [0, 0.05) is 53.7 Å².